The first kappa shape index (κ1) is 15.2. The molecule has 3 heterocycles. The summed E-state index contributed by atoms with van der Waals surface area (Å²) >= 11 is 5.87. The Balaban J connectivity index is 1.38. The molecule has 21 heavy (non-hydrogen) atoms. The molecule has 4 N–H and O–H groups in total. The Labute approximate surface area is 139 Å². The summed E-state index contributed by atoms with van der Waals surface area (Å²) in [7, 11) is 0. The number of nitrogens with one attached hydrogen (secondary N) is 4. The topological polar surface area (TPSA) is 51.4 Å². The average Bonchev–Trinajstić information content (AvgIpc) is 3.08. The normalized spacial score (nSPS) is 48.4. The smallest absolute Gasteiger partial charge is 0.137 e. The number of nitrogens with zero attached hydrogens (tertiary/aromatic N) is 1. The minimum absolute atomic E-state index is 0.371. The van der Waals surface area contributed by atoms with E-state index >= 15 is 0 Å². The van der Waals surface area contributed by atoms with Crippen LogP contribution in [0.3, 0.4) is 0 Å². The lowest BCUT2D eigenvalue weighted by Gasteiger charge is -2.34. The second-order valence-corrected chi connectivity index (χ2v) is 9.28. The molecule has 4 aliphatic rings. The summed E-state index contributed by atoms with van der Waals surface area (Å²) in [6.07, 6.45) is 9.69. The van der Waals surface area contributed by atoms with Gasteiger partial charge in [0.05, 0.1) is 5.37 Å². The van der Waals surface area contributed by atoms with Crippen LogP contribution < -0.4 is 21.6 Å². The molecule has 4 fully saturated rings. The molecule has 1 saturated carbocycles. The summed E-state index contributed by atoms with van der Waals surface area (Å²) in [4.78, 5) is 0.719. The zero-order valence-corrected chi connectivity index (χ0v) is 14.8. The van der Waals surface area contributed by atoms with Gasteiger partial charge in [-0.1, -0.05) is 28.8 Å². The van der Waals surface area contributed by atoms with Crippen molar-refractivity contribution in [3.8, 4) is 0 Å². The molecule has 7 heteroatoms. The summed E-state index contributed by atoms with van der Waals surface area (Å²) < 4.78 is 0. The van der Waals surface area contributed by atoms with Gasteiger partial charge in [0.15, 0.2) is 0 Å². The molecule has 5 nitrogen and oxygen atoms in total. The lowest BCUT2D eigenvalue weighted by atomic mass is 9.89. The van der Waals surface area contributed by atoms with E-state index in [0.717, 1.165) is 17.3 Å². The maximum absolute atomic E-state index is 3.82. The SMILES string of the molecule is BrC1CCCC(C2NN3C(NNC3C3CCCCN3)S2)C1. The van der Waals surface area contributed by atoms with E-state index in [1.807, 2.05) is 0 Å². The lowest BCUT2D eigenvalue weighted by molar-refractivity contribution is 0.102. The number of halogens is 1. The largest absolute Gasteiger partial charge is 0.311 e. The van der Waals surface area contributed by atoms with Gasteiger partial charge in [-0.25, -0.2) is 16.3 Å². The molecule has 6 unspecified atom stereocenters. The van der Waals surface area contributed by atoms with Crippen LogP contribution in [-0.2, 0) is 0 Å². The van der Waals surface area contributed by atoms with Crippen LogP contribution in [0.25, 0.3) is 0 Å². The van der Waals surface area contributed by atoms with Gasteiger partial charge in [0, 0.05) is 10.9 Å². The van der Waals surface area contributed by atoms with Gasteiger partial charge in [-0.3, -0.25) is 0 Å². The molecule has 0 aromatic heterocycles. The van der Waals surface area contributed by atoms with Crippen molar-refractivity contribution >= 4 is 27.7 Å². The Kier molecular flexibility index (Phi) is 4.79. The van der Waals surface area contributed by atoms with Crippen LogP contribution in [0.4, 0.5) is 0 Å². The third-order valence-electron chi connectivity index (χ3n) is 5.27. The van der Waals surface area contributed by atoms with Gasteiger partial charge in [0.25, 0.3) is 0 Å². The summed E-state index contributed by atoms with van der Waals surface area (Å²) in [5, 5.41) is 6.67. The van der Waals surface area contributed by atoms with Crippen LogP contribution >= 0.6 is 27.7 Å². The van der Waals surface area contributed by atoms with Crippen LogP contribution in [0.5, 0.6) is 0 Å². The maximum atomic E-state index is 3.82. The zero-order valence-electron chi connectivity index (χ0n) is 12.4. The van der Waals surface area contributed by atoms with E-state index in [1.165, 1.54) is 44.9 Å². The van der Waals surface area contributed by atoms with E-state index in [4.69, 9.17) is 0 Å². The molecule has 1 aliphatic carbocycles. The summed E-state index contributed by atoms with van der Waals surface area (Å²) in [6, 6.07) is 0.554. The van der Waals surface area contributed by atoms with Gasteiger partial charge >= 0.3 is 0 Å². The van der Waals surface area contributed by atoms with Crippen molar-refractivity contribution in [3.05, 3.63) is 0 Å². The highest BCUT2D eigenvalue weighted by Crippen LogP contribution is 2.40. The van der Waals surface area contributed by atoms with Crippen molar-refractivity contribution in [3.63, 3.8) is 0 Å². The molecule has 0 radical (unpaired) electrons. The fraction of sp³-hybridized carbons (Fsp3) is 1.00. The predicted octanol–water partition coefficient (Wildman–Crippen LogP) is 1.68. The number of hydrogen-bond acceptors (Lipinski definition) is 6. The first-order valence-electron chi connectivity index (χ1n) is 8.40. The van der Waals surface area contributed by atoms with Crippen molar-refractivity contribution in [2.45, 2.75) is 72.9 Å². The van der Waals surface area contributed by atoms with Crippen LogP contribution in [-0.4, -0.2) is 39.5 Å². The van der Waals surface area contributed by atoms with Gasteiger partial charge in [0.1, 0.15) is 11.7 Å². The number of thioether (sulfide) groups is 1. The van der Waals surface area contributed by atoms with Crippen molar-refractivity contribution in [1.29, 1.82) is 0 Å². The van der Waals surface area contributed by atoms with Crippen molar-refractivity contribution < 1.29 is 0 Å². The summed E-state index contributed by atoms with van der Waals surface area (Å²) in [5.74, 6) is 0.792. The molecular weight excluding hydrogens is 350 g/mol. The number of alkyl halides is 1. The first-order chi connectivity index (χ1) is 10.3. The Bertz CT molecular complexity index is 367. The molecule has 0 amide bonds. The third-order valence-corrected chi connectivity index (χ3v) is 7.49. The number of rotatable bonds is 2. The molecule has 4 rings (SSSR count). The minimum atomic E-state index is 0.371. The molecular formula is C14H26BrN5S. The monoisotopic (exact) mass is 375 g/mol. The van der Waals surface area contributed by atoms with Crippen molar-refractivity contribution in [1.82, 2.24) is 26.6 Å². The van der Waals surface area contributed by atoms with Gasteiger partial charge in [-0.05, 0) is 44.6 Å². The highest BCUT2D eigenvalue weighted by molar-refractivity contribution is 9.09. The Hall–Kier alpha value is 0.630. The molecule has 0 spiro atoms. The van der Waals surface area contributed by atoms with Gasteiger partial charge in [-0.15, -0.1) is 11.8 Å². The maximum Gasteiger partial charge on any atom is 0.137 e. The highest BCUT2D eigenvalue weighted by Gasteiger charge is 2.47. The standard InChI is InChI=1S/C14H26BrN5S/c15-10-5-3-4-9(8-10)13-19-20-12(17-18-14(20)21-13)11-6-1-2-7-16-11/h9-14,16-19H,1-8H2. The molecule has 3 aliphatic heterocycles. The zero-order chi connectivity index (χ0) is 14.2. The number of hydrazine groups is 2. The fourth-order valence-electron chi connectivity index (χ4n) is 4.11. The van der Waals surface area contributed by atoms with E-state index < -0.39 is 0 Å². The first-order valence-corrected chi connectivity index (χ1v) is 10.3. The van der Waals surface area contributed by atoms with Crippen LogP contribution in [0.2, 0.25) is 0 Å². The van der Waals surface area contributed by atoms with Crippen molar-refractivity contribution in [2.24, 2.45) is 5.92 Å². The minimum Gasteiger partial charge on any atom is -0.311 e. The second-order valence-electron chi connectivity index (χ2n) is 6.76. The molecule has 0 aromatic rings. The Morgan fingerprint density at radius 3 is 2.81 bits per heavy atom. The van der Waals surface area contributed by atoms with Crippen LogP contribution in [0.15, 0.2) is 0 Å². The van der Waals surface area contributed by atoms with E-state index in [9.17, 15) is 0 Å². The number of fused-ring (bicyclic) bond motifs is 1. The van der Waals surface area contributed by atoms with E-state index in [-0.39, 0.29) is 0 Å². The van der Waals surface area contributed by atoms with E-state index in [0.29, 0.717) is 23.1 Å². The van der Waals surface area contributed by atoms with Crippen molar-refractivity contribution in [2.75, 3.05) is 6.54 Å². The van der Waals surface area contributed by atoms with E-state index in [1.54, 1.807) is 0 Å². The molecule has 0 bridgehead atoms. The second kappa shape index (κ2) is 6.63. The molecule has 3 saturated heterocycles. The summed E-state index contributed by atoms with van der Waals surface area (Å²) in [5.41, 5.74) is 11.1. The average molecular weight is 376 g/mol. The third kappa shape index (κ3) is 3.16. The fourth-order valence-corrected chi connectivity index (χ4v) is 6.30. The summed E-state index contributed by atoms with van der Waals surface area (Å²) in [6.45, 7) is 1.16. The molecule has 0 aromatic carbocycles. The highest BCUT2D eigenvalue weighted by atomic mass is 79.9. The molecule has 6 atom stereocenters. The van der Waals surface area contributed by atoms with E-state index in [2.05, 4.69) is 54.3 Å². The number of hydrogen-bond donors (Lipinski definition) is 4. The Morgan fingerprint density at radius 2 is 2.00 bits per heavy atom. The predicted molar refractivity (Wildman–Crippen MR) is 90.5 cm³/mol. The van der Waals surface area contributed by atoms with Gasteiger partial charge in [0.2, 0.25) is 0 Å². The lowest BCUT2D eigenvalue weighted by Crippen LogP contribution is -2.58. The van der Waals surface area contributed by atoms with Crippen LogP contribution in [0, 0.1) is 5.92 Å². The van der Waals surface area contributed by atoms with Crippen LogP contribution in [0.1, 0.15) is 44.9 Å². The van der Waals surface area contributed by atoms with Gasteiger partial charge < -0.3 is 5.32 Å². The molecule has 120 valence electrons. The Morgan fingerprint density at radius 1 is 1.05 bits per heavy atom. The quantitative estimate of drug-likeness (QED) is 0.551. The number of piperidine rings is 1. The van der Waals surface area contributed by atoms with Gasteiger partial charge in [-0.2, -0.15) is 5.01 Å².